The molecule has 0 saturated carbocycles. The van der Waals surface area contributed by atoms with E-state index in [0.29, 0.717) is 0 Å². The van der Waals surface area contributed by atoms with E-state index >= 15 is 0 Å². The largest absolute Gasteiger partial charge is 0.0654 e. The molecule has 0 aliphatic rings. The second kappa shape index (κ2) is 7.41. The van der Waals surface area contributed by atoms with Crippen molar-refractivity contribution < 1.29 is 0 Å². The first-order chi connectivity index (χ1) is 6.07. The minimum absolute atomic E-state index is 0.855. The van der Waals surface area contributed by atoms with Crippen molar-refractivity contribution in [1.82, 2.24) is 0 Å². The molecule has 0 aromatic heterocycles. The molecule has 2 atom stereocenters. The summed E-state index contributed by atoms with van der Waals surface area (Å²) in [4.78, 5) is 0. The fourth-order valence-electron chi connectivity index (χ4n) is 1.77. The first kappa shape index (κ1) is 13.0. The predicted octanol–water partition coefficient (Wildman–Crippen LogP) is 4.89. The molecule has 0 aromatic carbocycles. The van der Waals surface area contributed by atoms with E-state index in [0.717, 1.165) is 17.8 Å². The van der Waals surface area contributed by atoms with E-state index in [9.17, 15) is 0 Å². The third-order valence-electron chi connectivity index (χ3n) is 3.21. The quantitative estimate of drug-likeness (QED) is 0.494. The van der Waals surface area contributed by atoms with Crippen LogP contribution in [0.2, 0.25) is 0 Å². The van der Waals surface area contributed by atoms with Crippen LogP contribution in [0.5, 0.6) is 0 Å². The van der Waals surface area contributed by atoms with Crippen LogP contribution in [0.25, 0.3) is 0 Å². The van der Waals surface area contributed by atoms with Gasteiger partial charge in [0.2, 0.25) is 0 Å². The summed E-state index contributed by atoms with van der Waals surface area (Å²) >= 11 is 0. The van der Waals surface area contributed by atoms with Crippen molar-refractivity contribution in [3.8, 4) is 0 Å². The van der Waals surface area contributed by atoms with Crippen molar-refractivity contribution >= 4 is 0 Å². The maximum atomic E-state index is 2.41. The van der Waals surface area contributed by atoms with Crippen molar-refractivity contribution in [2.24, 2.45) is 17.8 Å². The Bertz CT molecular complexity index is 105. The molecule has 0 aliphatic heterocycles. The van der Waals surface area contributed by atoms with Gasteiger partial charge in [0.25, 0.3) is 0 Å². The summed E-state index contributed by atoms with van der Waals surface area (Å²) in [6, 6.07) is 0. The lowest BCUT2D eigenvalue weighted by atomic mass is 9.86. The Morgan fingerprint density at radius 2 is 1.54 bits per heavy atom. The van der Waals surface area contributed by atoms with E-state index < -0.39 is 0 Å². The summed E-state index contributed by atoms with van der Waals surface area (Å²) in [6.45, 7) is 11.8. The second-order valence-corrected chi connectivity index (χ2v) is 5.06. The Labute approximate surface area is 85.1 Å². The van der Waals surface area contributed by atoms with Crippen molar-refractivity contribution in [2.45, 2.75) is 66.7 Å². The van der Waals surface area contributed by atoms with Gasteiger partial charge in [0.15, 0.2) is 0 Å². The van der Waals surface area contributed by atoms with Crippen molar-refractivity contribution in [3.05, 3.63) is 0 Å². The summed E-state index contributed by atoms with van der Waals surface area (Å²) in [7, 11) is 0. The standard InChI is InChI=1S/C13H28/c1-6-7-8-9-12(4)10-13(5)11(2)3/h11-13H,6-10H2,1-5H3. The molecule has 0 radical (unpaired) electrons. The van der Waals surface area contributed by atoms with Gasteiger partial charge < -0.3 is 0 Å². The molecule has 0 aliphatic carbocycles. The highest BCUT2D eigenvalue weighted by molar-refractivity contribution is 4.62. The van der Waals surface area contributed by atoms with Crippen LogP contribution in [0.4, 0.5) is 0 Å². The fraction of sp³-hybridized carbons (Fsp3) is 1.00. The van der Waals surface area contributed by atoms with Crippen molar-refractivity contribution in [2.75, 3.05) is 0 Å². The topological polar surface area (TPSA) is 0 Å². The molecule has 0 heteroatoms. The summed E-state index contributed by atoms with van der Waals surface area (Å²) in [5.41, 5.74) is 0. The molecule has 0 amide bonds. The lowest BCUT2D eigenvalue weighted by Crippen LogP contribution is -2.09. The lowest BCUT2D eigenvalue weighted by molar-refractivity contribution is 0.316. The van der Waals surface area contributed by atoms with Crippen LogP contribution in [-0.4, -0.2) is 0 Å². The Kier molecular flexibility index (Phi) is 7.41. The van der Waals surface area contributed by atoms with Gasteiger partial charge in [0.1, 0.15) is 0 Å². The van der Waals surface area contributed by atoms with E-state index in [-0.39, 0.29) is 0 Å². The molecule has 13 heavy (non-hydrogen) atoms. The third-order valence-corrected chi connectivity index (χ3v) is 3.21. The maximum Gasteiger partial charge on any atom is -0.0417 e. The summed E-state index contributed by atoms with van der Waals surface area (Å²) in [5, 5.41) is 0. The van der Waals surface area contributed by atoms with Gasteiger partial charge in [0, 0.05) is 0 Å². The zero-order valence-corrected chi connectivity index (χ0v) is 10.3. The average Bonchev–Trinajstić information content (AvgIpc) is 2.04. The van der Waals surface area contributed by atoms with Gasteiger partial charge in [-0.05, 0) is 24.2 Å². The van der Waals surface area contributed by atoms with Crippen LogP contribution in [0.15, 0.2) is 0 Å². The summed E-state index contributed by atoms with van der Waals surface area (Å²) in [5.74, 6) is 2.69. The molecule has 80 valence electrons. The second-order valence-electron chi connectivity index (χ2n) is 5.06. The molecule has 0 heterocycles. The molecule has 0 N–H and O–H groups in total. The van der Waals surface area contributed by atoms with E-state index in [1.807, 2.05) is 0 Å². The zero-order valence-electron chi connectivity index (χ0n) is 10.3. The average molecular weight is 184 g/mol. The lowest BCUT2D eigenvalue weighted by Gasteiger charge is -2.20. The first-order valence-corrected chi connectivity index (χ1v) is 6.07. The fourth-order valence-corrected chi connectivity index (χ4v) is 1.77. The van der Waals surface area contributed by atoms with Gasteiger partial charge in [-0.15, -0.1) is 0 Å². The van der Waals surface area contributed by atoms with E-state index in [4.69, 9.17) is 0 Å². The van der Waals surface area contributed by atoms with Gasteiger partial charge in [0.05, 0.1) is 0 Å². The normalized spacial score (nSPS) is 16.2. The van der Waals surface area contributed by atoms with Gasteiger partial charge in [-0.1, -0.05) is 60.3 Å². The predicted molar refractivity (Wildman–Crippen MR) is 61.9 cm³/mol. The van der Waals surface area contributed by atoms with Gasteiger partial charge in [-0.3, -0.25) is 0 Å². The highest BCUT2D eigenvalue weighted by Gasteiger charge is 2.11. The summed E-state index contributed by atoms with van der Waals surface area (Å²) < 4.78 is 0. The van der Waals surface area contributed by atoms with Crippen molar-refractivity contribution in [1.29, 1.82) is 0 Å². The molecule has 0 rings (SSSR count). The third kappa shape index (κ3) is 7.10. The molecule has 0 bridgehead atoms. The Balaban J connectivity index is 3.43. The Morgan fingerprint density at radius 3 is 2.00 bits per heavy atom. The minimum Gasteiger partial charge on any atom is -0.0654 e. The number of rotatable bonds is 7. The minimum atomic E-state index is 0.855. The smallest absolute Gasteiger partial charge is 0.0417 e. The van der Waals surface area contributed by atoms with Crippen LogP contribution in [-0.2, 0) is 0 Å². The van der Waals surface area contributed by atoms with Crippen LogP contribution >= 0.6 is 0 Å². The van der Waals surface area contributed by atoms with E-state index in [1.165, 1.54) is 32.1 Å². The Morgan fingerprint density at radius 1 is 0.923 bits per heavy atom. The maximum absolute atomic E-state index is 2.41. The van der Waals surface area contributed by atoms with Gasteiger partial charge in [-0.25, -0.2) is 0 Å². The van der Waals surface area contributed by atoms with Gasteiger partial charge in [-0.2, -0.15) is 0 Å². The molecule has 0 spiro atoms. The SMILES string of the molecule is CCCCCC(C)CC(C)C(C)C. The zero-order chi connectivity index (χ0) is 10.3. The molecule has 0 aromatic rings. The number of hydrogen-bond acceptors (Lipinski definition) is 0. The van der Waals surface area contributed by atoms with Crippen LogP contribution in [0, 0.1) is 17.8 Å². The Hall–Kier alpha value is 0. The monoisotopic (exact) mass is 184 g/mol. The molecular formula is C13H28. The van der Waals surface area contributed by atoms with Crippen LogP contribution in [0.1, 0.15) is 66.7 Å². The molecular weight excluding hydrogens is 156 g/mol. The molecule has 0 fully saturated rings. The molecule has 2 unspecified atom stereocenters. The molecule has 0 saturated heterocycles. The van der Waals surface area contributed by atoms with Gasteiger partial charge >= 0.3 is 0 Å². The highest BCUT2D eigenvalue weighted by atomic mass is 14.2. The molecule has 0 nitrogen and oxygen atoms in total. The van der Waals surface area contributed by atoms with E-state index in [2.05, 4.69) is 34.6 Å². The van der Waals surface area contributed by atoms with Crippen LogP contribution in [0.3, 0.4) is 0 Å². The number of hydrogen-bond donors (Lipinski definition) is 0. The van der Waals surface area contributed by atoms with Crippen molar-refractivity contribution in [3.63, 3.8) is 0 Å². The van der Waals surface area contributed by atoms with Crippen LogP contribution < -0.4 is 0 Å². The summed E-state index contributed by atoms with van der Waals surface area (Å²) in [6.07, 6.45) is 7.06. The highest BCUT2D eigenvalue weighted by Crippen LogP contribution is 2.22. The van der Waals surface area contributed by atoms with E-state index in [1.54, 1.807) is 0 Å². The first-order valence-electron chi connectivity index (χ1n) is 6.07. The number of unbranched alkanes of at least 4 members (excludes halogenated alkanes) is 2.